The smallest absolute Gasteiger partial charge is 0.415 e. The molecule has 29 heavy (non-hydrogen) atoms. The van der Waals surface area contributed by atoms with Gasteiger partial charge in [-0.1, -0.05) is 30.3 Å². The first kappa shape index (κ1) is 19.2. The molecule has 150 valence electrons. The van der Waals surface area contributed by atoms with Crippen LogP contribution in [0.1, 0.15) is 61.0 Å². The van der Waals surface area contributed by atoms with E-state index in [0.29, 0.717) is 29.4 Å². The van der Waals surface area contributed by atoms with Crippen molar-refractivity contribution in [2.75, 3.05) is 0 Å². The molecule has 1 aromatic heterocycles. The number of carbonyl (C=O) groups excluding carboxylic acids is 2. The summed E-state index contributed by atoms with van der Waals surface area (Å²) in [6.45, 7) is 6.34. The highest BCUT2D eigenvalue weighted by atomic mass is 16.6. The van der Waals surface area contributed by atoms with Crippen molar-refractivity contribution in [1.29, 1.82) is 0 Å². The summed E-state index contributed by atoms with van der Waals surface area (Å²) < 4.78 is 11.5. The molecular weight excluding hydrogens is 366 g/mol. The summed E-state index contributed by atoms with van der Waals surface area (Å²) in [5, 5.41) is 0.722. The Morgan fingerprint density at radius 1 is 1.21 bits per heavy atom. The van der Waals surface area contributed by atoms with Gasteiger partial charge in [0.15, 0.2) is 6.29 Å². The molecule has 1 aliphatic rings. The molecule has 0 radical (unpaired) electrons. The highest BCUT2D eigenvalue weighted by molar-refractivity contribution is 5.96. The molecule has 0 unspecified atom stereocenters. The molecular formula is C24H25NO4. The average molecular weight is 391 g/mol. The fourth-order valence-electron chi connectivity index (χ4n) is 3.61. The molecule has 0 spiro atoms. The zero-order chi connectivity index (χ0) is 20.6. The molecule has 3 aromatic rings. The molecule has 1 aliphatic carbocycles. The SMILES string of the molecule is CC(C)(C)N(Cc1ccccc1)C(=O)Oc1cc(C=O)c(C2CC2)c2occc12. The Morgan fingerprint density at radius 2 is 1.93 bits per heavy atom. The first-order chi connectivity index (χ1) is 13.9. The lowest BCUT2D eigenvalue weighted by atomic mass is 10.0. The molecule has 0 saturated heterocycles. The minimum absolute atomic E-state index is 0.345. The van der Waals surface area contributed by atoms with Crippen molar-refractivity contribution < 1.29 is 18.7 Å². The molecule has 1 heterocycles. The number of nitrogens with zero attached hydrogens (tertiary/aromatic N) is 1. The molecule has 0 atom stereocenters. The number of benzene rings is 2. The summed E-state index contributed by atoms with van der Waals surface area (Å²) in [5.41, 5.74) is 2.68. The van der Waals surface area contributed by atoms with Crippen LogP contribution in [0.25, 0.3) is 11.0 Å². The van der Waals surface area contributed by atoms with E-state index in [4.69, 9.17) is 9.15 Å². The average Bonchev–Trinajstić information content (AvgIpc) is 3.40. The van der Waals surface area contributed by atoms with Gasteiger partial charge in [0.25, 0.3) is 0 Å². The van der Waals surface area contributed by atoms with Gasteiger partial charge in [0.2, 0.25) is 0 Å². The molecule has 1 fully saturated rings. The summed E-state index contributed by atoms with van der Waals surface area (Å²) >= 11 is 0. The molecule has 2 aromatic carbocycles. The van der Waals surface area contributed by atoms with Crippen molar-refractivity contribution in [3.63, 3.8) is 0 Å². The van der Waals surface area contributed by atoms with Crippen molar-refractivity contribution in [2.24, 2.45) is 0 Å². The zero-order valence-corrected chi connectivity index (χ0v) is 17.0. The number of rotatable bonds is 5. The van der Waals surface area contributed by atoms with Crippen LogP contribution < -0.4 is 4.74 Å². The topological polar surface area (TPSA) is 59.8 Å². The summed E-state index contributed by atoms with van der Waals surface area (Å²) in [7, 11) is 0. The van der Waals surface area contributed by atoms with Crippen molar-refractivity contribution in [3.8, 4) is 5.75 Å². The monoisotopic (exact) mass is 391 g/mol. The van der Waals surface area contributed by atoms with E-state index >= 15 is 0 Å². The minimum Gasteiger partial charge on any atom is -0.464 e. The van der Waals surface area contributed by atoms with Crippen LogP contribution in [-0.4, -0.2) is 22.8 Å². The fraction of sp³-hybridized carbons (Fsp3) is 0.333. The lowest BCUT2D eigenvalue weighted by Gasteiger charge is -2.34. The van der Waals surface area contributed by atoms with Gasteiger partial charge in [-0.3, -0.25) is 9.69 Å². The number of furan rings is 1. The van der Waals surface area contributed by atoms with E-state index in [0.717, 1.165) is 35.6 Å². The lowest BCUT2D eigenvalue weighted by molar-refractivity contribution is 0.102. The van der Waals surface area contributed by atoms with Crippen LogP contribution in [0.15, 0.2) is 53.1 Å². The molecule has 0 aliphatic heterocycles. The number of fused-ring (bicyclic) bond motifs is 1. The standard InChI is InChI=1S/C24H25NO4/c1-24(2,3)25(14-16-7-5-4-6-8-16)23(27)29-20-13-18(15-26)21(17-9-10-17)22-19(20)11-12-28-22/h4-8,11-13,15,17H,9-10,14H2,1-3H3. The van der Waals surface area contributed by atoms with E-state index < -0.39 is 11.6 Å². The maximum absolute atomic E-state index is 13.1. The van der Waals surface area contributed by atoms with Gasteiger partial charge in [0, 0.05) is 23.2 Å². The molecule has 0 N–H and O–H groups in total. The van der Waals surface area contributed by atoms with Crippen LogP contribution in [0.4, 0.5) is 4.79 Å². The van der Waals surface area contributed by atoms with Crippen molar-refractivity contribution in [2.45, 2.75) is 51.6 Å². The second kappa shape index (κ2) is 7.39. The molecule has 4 rings (SSSR count). The van der Waals surface area contributed by atoms with E-state index in [-0.39, 0.29) is 0 Å². The van der Waals surface area contributed by atoms with Gasteiger partial charge in [-0.05, 0) is 57.2 Å². The summed E-state index contributed by atoms with van der Waals surface area (Å²) in [5.74, 6) is 0.699. The van der Waals surface area contributed by atoms with Crippen LogP contribution in [-0.2, 0) is 6.54 Å². The fourth-order valence-corrected chi connectivity index (χ4v) is 3.61. The van der Waals surface area contributed by atoms with Gasteiger partial charge in [0.1, 0.15) is 11.3 Å². The van der Waals surface area contributed by atoms with Crippen LogP contribution >= 0.6 is 0 Å². The predicted molar refractivity (Wildman–Crippen MR) is 111 cm³/mol. The van der Waals surface area contributed by atoms with Crippen molar-refractivity contribution in [3.05, 3.63) is 65.4 Å². The number of hydrogen-bond donors (Lipinski definition) is 0. The minimum atomic E-state index is -0.458. The van der Waals surface area contributed by atoms with E-state index in [9.17, 15) is 9.59 Å². The third kappa shape index (κ3) is 3.90. The number of hydrogen-bond acceptors (Lipinski definition) is 4. The molecule has 1 saturated carbocycles. The van der Waals surface area contributed by atoms with Crippen LogP contribution in [0.3, 0.4) is 0 Å². The van der Waals surface area contributed by atoms with Crippen LogP contribution in [0.5, 0.6) is 5.75 Å². The Morgan fingerprint density at radius 3 is 2.55 bits per heavy atom. The Kier molecular flexibility index (Phi) is 4.91. The summed E-state index contributed by atoms with van der Waals surface area (Å²) in [4.78, 5) is 26.5. The van der Waals surface area contributed by atoms with E-state index in [1.54, 1.807) is 23.3 Å². The molecule has 0 bridgehead atoms. The Balaban J connectivity index is 1.67. The normalized spacial score (nSPS) is 14.0. The number of ether oxygens (including phenoxy) is 1. The number of aldehydes is 1. The van der Waals surface area contributed by atoms with Crippen molar-refractivity contribution in [1.82, 2.24) is 4.90 Å². The number of amides is 1. The third-order valence-electron chi connectivity index (χ3n) is 5.30. The highest BCUT2D eigenvalue weighted by Gasteiger charge is 2.32. The maximum Gasteiger partial charge on any atom is 0.415 e. The molecule has 1 amide bonds. The van der Waals surface area contributed by atoms with E-state index in [1.807, 2.05) is 51.1 Å². The Bertz CT molecular complexity index is 1040. The molecule has 5 heteroatoms. The second-order valence-corrected chi connectivity index (χ2v) is 8.54. The second-order valence-electron chi connectivity index (χ2n) is 8.54. The lowest BCUT2D eigenvalue weighted by Crippen LogP contribution is -2.46. The van der Waals surface area contributed by atoms with E-state index in [1.165, 1.54) is 0 Å². The van der Waals surface area contributed by atoms with Gasteiger partial charge in [-0.25, -0.2) is 4.79 Å². The third-order valence-corrected chi connectivity index (χ3v) is 5.30. The summed E-state index contributed by atoms with van der Waals surface area (Å²) in [6.07, 6.45) is 4.03. The maximum atomic E-state index is 13.1. The predicted octanol–water partition coefficient (Wildman–Crippen LogP) is 5.92. The van der Waals surface area contributed by atoms with Crippen LogP contribution in [0, 0.1) is 0 Å². The van der Waals surface area contributed by atoms with Crippen LogP contribution in [0.2, 0.25) is 0 Å². The summed E-state index contributed by atoms with van der Waals surface area (Å²) in [6, 6.07) is 13.3. The first-order valence-corrected chi connectivity index (χ1v) is 9.91. The van der Waals surface area contributed by atoms with Gasteiger partial charge >= 0.3 is 6.09 Å². The van der Waals surface area contributed by atoms with E-state index in [2.05, 4.69) is 0 Å². The Labute approximate surface area is 170 Å². The van der Waals surface area contributed by atoms with Gasteiger partial charge in [-0.2, -0.15) is 0 Å². The number of carbonyl (C=O) groups is 2. The van der Waals surface area contributed by atoms with Crippen molar-refractivity contribution >= 4 is 23.3 Å². The Hall–Kier alpha value is -3.08. The van der Waals surface area contributed by atoms with Gasteiger partial charge < -0.3 is 9.15 Å². The zero-order valence-electron chi connectivity index (χ0n) is 17.0. The molecule has 5 nitrogen and oxygen atoms in total. The first-order valence-electron chi connectivity index (χ1n) is 9.91. The quantitative estimate of drug-likeness (QED) is 0.506. The van der Waals surface area contributed by atoms with Gasteiger partial charge in [0.05, 0.1) is 11.6 Å². The van der Waals surface area contributed by atoms with Gasteiger partial charge in [-0.15, -0.1) is 0 Å². The highest BCUT2D eigenvalue weighted by Crippen LogP contribution is 2.46. The largest absolute Gasteiger partial charge is 0.464 e.